The van der Waals surface area contributed by atoms with Crippen molar-refractivity contribution in [3.8, 4) is 0 Å². The van der Waals surface area contributed by atoms with Crippen molar-refractivity contribution in [3.05, 3.63) is 59.1 Å². The molecule has 0 aliphatic rings. The molecule has 0 fully saturated rings. The molecule has 0 heterocycles. The molecule has 7 heteroatoms. The van der Waals surface area contributed by atoms with Gasteiger partial charge in [-0.15, -0.1) is 0 Å². The average Bonchev–Trinajstić information content (AvgIpc) is 2.37. The lowest BCUT2D eigenvalue weighted by molar-refractivity contribution is -0.115. The topological polar surface area (TPSA) is 89.3 Å². The van der Waals surface area contributed by atoms with Gasteiger partial charge in [-0.1, -0.05) is 35.9 Å². The predicted octanol–water partition coefficient (Wildman–Crippen LogP) is 2.17. The number of rotatable bonds is 4. The molecule has 0 saturated heterocycles. The minimum atomic E-state index is -3.89. The van der Waals surface area contributed by atoms with Crippen LogP contribution in [0.2, 0.25) is 5.02 Å². The summed E-state index contributed by atoms with van der Waals surface area (Å²) in [5.41, 5.74) is 0.889. The van der Waals surface area contributed by atoms with Crippen LogP contribution in [0.4, 0.5) is 5.69 Å². The van der Waals surface area contributed by atoms with Crippen molar-refractivity contribution >= 4 is 33.2 Å². The molecule has 1 amide bonds. The fourth-order valence-corrected chi connectivity index (χ4v) is 2.75. The number of para-hydroxylation sites is 1. The van der Waals surface area contributed by atoms with Crippen LogP contribution in [-0.4, -0.2) is 14.3 Å². The van der Waals surface area contributed by atoms with Gasteiger partial charge in [0.1, 0.15) is 4.90 Å². The van der Waals surface area contributed by atoms with Crippen LogP contribution < -0.4 is 10.5 Å². The Morgan fingerprint density at radius 3 is 2.52 bits per heavy atom. The molecular formula is C14H13ClN2O3S. The quantitative estimate of drug-likeness (QED) is 0.903. The molecule has 2 aromatic rings. The van der Waals surface area contributed by atoms with Crippen molar-refractivity contribution in [2.75, 3.05) is 5.32 Å². The fourth-order valence-electron chi connectivity index (χ4n) is 1.84. The zero-order valence-corrected chi connectivity index (χ0v) is 12.5. The summed E-state index contributed by atoms with van der Waals surface area (Å²) in [6.07, 6.45) is 0.0829. The fraction of sp³-hybridized carbons (Fsp3) is 0.0714. The average molecular weight is 325 g/mol. The van der Waals surface area contributed by atoms with Crippen molar-refractivity contribution in [2.45, 2.75) is 11.3 Å². The maximum Gasteiger partial charge on any atom is 0.240 e. The lowest BCUT2D eigenvalue weighted by Crippen LogP contribution is -2.19. The molecule has 2 rings (SSSR count). The molecule has 0 unspecified atom stereocenters. The molecule has 0 atom stereocenters. The van der Waals surface area contributed by atoms with Gasteiger partial charge in [-0.05, 0) is 29.8 Å². The van der Waals surface area contributed by atoms with Crippen molar-refractivity contribution in [3.63, 3.8) is 0 Å². The van der Waals surface area contributed by atoms with Crippen molar-refractivity contribution in [1.29, 1.82) is 0 Å². The number of nitrogens with two attached hydrogens (primary N) is 1. The first-order valence-electron chi connectivity index (χ1n) is 6.02. The summed E-state index contributed by atoms with van der Waals surface area (Å²) in [6, 6.07) is 12.8. The van der Waals surface area contributed by atoms with Gasteiger partial charge in [0.15, 0.2) is 0 Å². The zero-order valence-electron chi connectivity index (χ0n) is 10.9. The summed E-state index contributed by atoms with van der Waals surface area (Å²) >= 11 is 5.85. The van der Waals surface area contributed by atoms with E-state index in [-0.39, 0.29) is 22.9 Å². The Hall–Kier alpha value is -1.89. The van der Waals surface area contributed by atoms with Gasteiger partial charge in [0.2, 0.25) is 15.9 Å². The molecule has 5 nitrogen and oxygen atoms in total. The van der Waals surface area contributed by atoms with E-state index in [9.17, 15) is 13.2 Å². The Morgan fingerprint density at radius 1 is 1.14 bits per heavy atom. The SMILES string of the molecule is NS(=O)(=O)c1ccccc1NC(=O)Cc1cccc(Cl)c1. The smallest absolute Gasteiger partial charge is 0.240 e. The van der Waals surface area contributed by atoms with E-state index in [0.717, 1.165) is 5.56 Å². The number of nitrogens with one attached hydrogen (secondary N) is 1. The summed E-state index contributed by atoms with van der Waals surface area (Å²) < 4.78 is 22.9. The van der Waals surface area contributed by atoms with Gasteiger partial charge in [0, 0.05) is 5.02 Å². The van der Waals surface area contributed by atoms with Gasteiger partial charge in [-0.3, -0.25) is 4.79 Å². The first-order valence-corrected chi connectivity index (χ1v) is 7.95. The molecule has 0 aliphatic heterocycles. The second kappa shape index (κ2) is 6.26. The van der Waals surface area contributed by atoms with Crippen molar-refractivity contribution < 1.29 is 13.2 Å². The Kier molecular flexibility index (Phi) is 4.62. The molecule has 2 aromatic carbocycles. The van der Waals surface area contributed by atoms with E-state index in [2.05, 4.69) is 5.32 Å². The summed E-state index contributed by atoms with van der Waals surface area (Å²) in [7, 11) is -3.89. The highest BCUT2D eigenvalue weighted by Crippen LogP contribution is 2.19. The molecule has 0 radical (unpaired) electrons. The Labute approximate surface area is 127 Å². The third kappa shape index (κ3) is 4.29. The van der Waals surface area contributed by atoms with Gasteiger partial charge in [0.25, 0.3) is 0 Å². The normalized spacial score (nSPS) is 11.1. The van der Waals surface area contributed by atoms with E-state index < -0.39 is 10.0 Å². The number of halogens is 1. The summed E-state index contributed by atoms with van der Waals surface area (Å²) in [5.74, 6) is -0.353. The van der Waals surface area contributed by atoms with Gasteiger partial charge < -0.3 is 5.32 Å². The highest BCUT2D eigenvalue weighted by atomic mass is 35.5. The minimum absolute atomic E-state index is 0.0829. The number of hydrogen-bond donors (Lipinski definition) is 2. The van der Waals surface area contributed by atoms with E-state index in [0.29, 0.717) is 5.02 Å². The number of anilines is 1. The van der Waals surface area contributed by atoms with E-state index >= 15 is 0 Å². The lowest BCUT2D eigenvalue weighted by atomic mass is 10.1. The minimum Gasteiger partial charge on any atom is -0.325 e. The number of carbonyl (C=O) groups excluding carboxylic acids is 1. The molecule has 0 aliphatic carbocycles. The Bertz CT molecular complexity index is 775. The largest absolute Gasteiger partial charge is 0.325 e. The van der Waals surface area contributed by atoms with Gasteiger partial charge in [0.05, 0.1) is 12.1 Å². The monoisotopic (exact) mass is 324 g/mol. The van der Waals surface area contributed by atoms with E-state index in [1.165, 1.54) is 18.2 Å². The number of sulfonamides is 1. The lowest BCUT2D eigenvalue weighted by Gasteiger charge is -2.09. The van der Waals surface area contributed by atoms with E-state index in [1.54, 1.807) is 30.3 Å². The number of amides is 1. The van der Waals surface area contributed by atoms with Crippen LogP contribution in [0, 0.1) is 0 Å². The number of primary sulfonamides is 1. The molecule has 0 spiro atoms. The molecular weight excluding hydrogens is 312 g/mol. The van der Waals surface area contributed by atoms with Crippen LogP contribution in [0.5, 0.6) is 0 Å². The molecule has 0 aromatic heterocycles. The maximum absolute atomic E-state index is 12.0. The predicted molar refractivity (Wildman–Crippen MR) is 81.6 cm³/mol. The summed E-state index contributed by atoms with van der Waals surface area (Å²) in [5, 5.41) is 8.19. The molecule has 3 N–H and O–H groups in total. The van der Waals surface area contributed by atoms with Gasteiger partial charge in [-0.2, -0.15) is 0 Å². The zero-order chi connectivity index (χ0) is 15.5. The highest BCUT2D eigenvalue weighted by molar-refractivity contribution is 7.89. The molecule has 0 saturated carbocycles. The third-order valence-corrected chi connectivity index (χ3v) is 3.93. The van der Waals surface area contributed by atoms with Crippen LogP contribution in [0.25, 0.3) is 0 Å². The highest BCUT2D eigenvalue weighted by Gasteiger charge is 2.15. The molecule has 21 heavy (non-hydrogen) atoms. The van der Waals surface area contributed by atoms with Gasteiger partial charge >= 0.3 is 0 Å². The van der Waals surface area contributed by atoms with Crippen LogP contribution in [0.1, 0.15) is 5.56 Å². The van der Waals surface area contributed by atoms with Crippen LogP contribution in [0.3, 0.4) is 0 Å². The van der Waals surface area contributed by atoms with Crippen molar-refractivity contribution in [2.24, 2.45) is 5.14 Å². The second-order valence-corrected chi connectivity index (χ2v) is 6.36. The number of hydrogen-bond acceptors (Lipinski definition) is 3. The van der Waals surface area contributed by atoms with Crippen LogP contribution in [-0.2, 0) is 21.2 Å². The maximum atomic E-state index is 12.0. The Balaban J connectivity index is 2.17. The first kappa shape index (κ1) is 15.5. The van der Waals surface area contributed by atoms with E-state index in [4.69, 9.17) is 16.7 Å². The van der Waals surface area contributed by atoms with Crippen LogP contribution in [0.15, 0.2) is 53.4 Å². The van der Waals surface area contributed by atoms with Gasteiger partial charge in [-0.25, -0.2) is 13.6 Å². The number of benzene rings is 2. The van der Waals surface area contributed by atoms with Crippen LogP contribution >= 0.6 is 11.6 Å². The summed E-state index contributed by atoms with van der Waals surface area (Å²) in [4.78, 5) is 11.9. The second-order valence-electron chi connectivity index (χ2n) is 4.40. The molecule has 110 valence electrons. The molecule has 0 bridgehead atoms. The first-order chi connectivity index (χ1) is 9.86. The third-order valence-electron chi connectivity index (χ3n) is 2.72. The van der Waals surface area contributed by atoms with E-state index in [1.807, 2.05) is 0 Å². The summed E-state index contributed by atoms with van der Waals surface area (Å²) in [6.45, 7) is 0. The van der Waals surface area contributed by atoms with Crippen molar-refractivity contribution in [1.82, 2.24) is 0 Å². The Morgan fingerprint density at radius 2 is 1.86 bits per heavy atom. The standard InChI is InChI=1S/C14H13ClN2O3S/c15-11-5-3-4-10(8-11)9-14(18)17-12-6-1-2-7-13(12)21(16,19)20/h1-8H,9H2,(H,17,18)(H2,16,19,20). The number of carbonyl (C=O) groups is 1.